The van der Waals surface area contributed by atoms with Gasteiger partial charge in [-0.1, -0.05) is 20.8 Å². The largest absolute Gasteiger partial charge is 0.330 e. The Morgan fingerprint density at radius 2 is 2.10 bits per heavy atom. The van der Waals surface area contributed by atoms with Gasteiger partial charge in [-0.15, -0.1) is 0 Å². The molecule has 0 aliphatic heterocycles. The van der Waals surface area contributed by atoms with Crippen LogP contribution >= 0.6 is 0 Å². The Bertz CT molecular complexity index is 422. The lowest BCUT2D eigenvalue weighted by molar-refractivity contribution is 0.170. The molecule has 1 aliphatic rings. The fourth-order valence-electron chi connectivity index (χ4n) is 3.51. The molecule has 0 saturated heterocycles. The van der Waals surface area contributed by atoms with Crippen LogP contribution in [0.15, 0.2) is 6.33 Å². The SMILES string of the molecule is CCCNC1CCC(C(C)C)CC1n1cnc(C)c1C. The lowest BCUT2D eigenvalue weighted by atomic mass is 9.76. The zero-order valence-corrected chi connectivity index (χ0v) is 13.8. The van der Waals surface area contributed by atoms with Crippen molar-refractivity contribution in [2.45, 2.75) is 72.4 Å². The van der Waals surface area contributed by atoms with Gasteiger partial charge in [0.1, 0.15) is 0 Å². The van der Waals surface area contributed by atoms with Crippen molar-refractivity contribution in [3.05, 3.63) is 17.7 Å². The molecule has 0 bridgehead atoms. The van der Waals surface area contributed by atoms with E-state index in [1.54, 1.807) is 0 Å². The molecule has 114 valence electrons. The fourth-order valence-corrected chi connectivity index (χ4v) is 3.51. The Kier molecular flexibility index (Phi) is 5.25. The standard InChI is InChI=1S/C17H31N3/c1-6-9-18-16-8-7-15(12(2)3)10-17(16)20-11-19-13(4)14(20)5/h11-12,15-18H,6-10H2,1-5H3. The van der Waals surface area contributed by atoms with E-state index in [-0.39, 0.29) is 0 Å². The Morgan fingerprint density at radius 1 is 1.35 bits per heavy atom. The molecule has 20 heavy (non-hydrogen) atoms. The maximum Gasteiger partial charge on any atom is 0.0954 e. The fraction of sp³-hybridized carbons (Fsp3) is 0.824. The van der Waals surface area contributed by atoms with Crippen LogP contribution in [0, 0.1) is 25.7 Å². The van der Waals surface area contributed by atoms with Crippen molar-refractivity contribution in [3.8, 4) is 0 Å². The number of nitrogens with one attached hydrogen (secondary N) is 1. The number of hydrogen-bond donors (Lipinski definition) is 1. The molecule has 3 atom stereocenters. The van der Waals surface area contributed by atoms with E-state index < -0.39 is 0 Å². The normalized spacial score (nSPS) is 27.2. The van der Waals surface area contributed by atoms with Gasteiger partial charge in [0, 0.05) is 11.7 Å². The van der Waals surface area contributed by atoms with Crippen LogP contribution in [0.4, 0.5) is 0 Å². The average molecular weight is 277 g/mol. The van der Waals surface area contributed by atoms with Crippen LogP contribution in [0.25, 0.3) is 0 Å². The highest BCUT2D eigenvalue weighted by Crippen LogP contribution is 2.37. The lowest BCUT2D eigenvalue weighted by Gasteiger charge is -2.39. The van der Waals surface area contributed by atoms with E-state index >= 15 is 0 Å². The maximum absolute atomic E-state index is 4.51. The van der Waals surface area contributed by atoms with Gasteiger partial charge in [-0.05, 0) is 57.9 Å². The number of imidazole rings is 1. The van der Waals surface area contributed by atoms with E-state index in [4.69, 9.17) is 0 Å². The first kappa shape index (κ1) is 15.6. The Labute approximate surface area is 124 Å². The summed E-state index contributed by atoms with van der Waals surface area (Å²) < 4.78 is 2.43. The molecule has 2 rings (SSSR count). The van der Waals surface area contributed by atoms with Gasteiger partial charge in [0.05, 0.1) is 18.1 Å². The van der Waals surface area contributed by atoms with Crippen molar-refractivity contribution in [2.75, 3.05) is 6.54 Å². The summed E-state index contributed by atoms with van der Waals surface area (Å²) >= 11 is 0. The smallest absolute Gasteiger partial charge is 0.0954 e. The van der Waals surface area contributed by atoms with E-state index in [0.717, 1.165) is 18.4 Å². The van der Waals surface area contributed by atoms with Crippen molar-refractivity contribution in [1.82, 2.24) is 14.9 Å². The van der Waals surface area contributed by atoms with E-state index in [0.29, 0.717) is 12.1 Å². The molecule has 1 aromatic rings. The molecule has 3 heteroatoms. The first-order valence-corrected chi connectivity index (χ1v) is 8.28. The predicted molar refractivity (Wildman–Crippen MR) is 85.0 cm³/mol. The van der Waals surface area contributed by atoms with Gasteiger partial charge < -0.3 is 9.88 Å². The summed E-state index contributed by atoms with van der Waals surface area (Å²) in [4.78, 5) is 4.51. The molecule has 1 fully saturated rings. The maximum atomic E-state index is 4.51. The van der Waals surface area contributed by atoms with E-state index in [1.807, 2.05) is 0 Å². The molecule has 1 heterocycles. The van der Waals surface area contributed by atoms with Crippen molar-refractivity contribution in [3.63, 3.8) is 0 Å². The van der Waals surface area contributed by atoms with Gasteiger partial charge in [0.2, 0.25) is 0 Å². The van der Waals surface area contributed by atoms with Crippen LogP contribution in [-0.4, -0.2) is 22.1 Å². The van der Waals surface area contributed by atoms with Gasteiger partial charge in [-0.3, -0.25) is 0 Å². The molecule has 0 amide bonds. The number of nitrogens with zero attached hydrogens (tertiary/aromatic N) is 2. The summed E-state index contributed by atoms with van der Waals surface area (Å²) in [5.74, 6) is 1.64. The summed E-state index contributed by atoms with van der Waals surface area (Å²) in [6, 6.07) is 1.18. The van der Waals surface area contributed by atoms with Crippen LogP contribution in [0.3, 0.4) is 0 Å². The first-order valence-electron chi connectivity index (χ1n) is 8.28. The lowest BCUT2D eigenvalue weighted by Crippen LogP contribution is -2.43. The van der Waals surface area contributed by atoms with Gasteiger partial charge in [0.25, 0.3) is 0 Å². The second-order valence-corrected chi connectivity index (χ2v) is 6.77. The van der Waals surface area contributed by atoms with Crippen molar-refractivity contribution in [2.24, 2.45) is 11.8 Å². The molecular weight excluding hydrogens is 246 g/mol. The molecule has 1 aliphatic carbocycles. The van der Waals surface area contributed by atoms with Gasteiger partial charge >= 0.3 is 0 Å². The minimum Gasteiger partial charge on any atom is -0.330 e. The van der Waals surface area contributed by atoms with Crippen LogP contribution in [0.5, 0.6) is 0 Å². The summed E-state index contributed by atoms with van der Waals surface area (Å²) in [6.07, 6.45) is 7.21. The second kappa shape index (κ2) is 6.75. The molecule has 3 unspecified atom stereocenters. The number of hydrogen-bond acceptors (Lipinski definition) is 2. The number of aromatic nitrogens is 2. The topological polar surface area (TPSA) is 29.9 Å². The average Bonchev–Trinajstić information content (AvgIpc) is 2.76. The van der Waals surface area contributed by atoms with Crippen molar-refractivity contribution < 1.29 is 0 Å². The third-order valence-electron chi connectivity index (χ3n) is 5.10. The van der Waals surface area contributed by atoms with Crippen LogP contribution in [-0.2, 0) is 0 Å². The molecule has 1 N–H and O–H groups in total. The summed E-state index contributed by atoms with van der Waals surface area (Å²) in [5.41, 5.74) is 2.51. The van der Waals surface area contributed by atoms with Crippen LogP contribution in [0.1, 0.15) is 63.9 Å². The Morgan fingerprint density at radius 3 is 2.65 bits per heavy atom. The molecule has 0 aromatic carbocycles. The summed E-state index contributed by atoms with van der Waals surface area (Å²) in [7, 11) is 0. The highest BCUT2D eigenvalue weighted by Gasteiger charge is 2.33. The van der Waals surface area contributed by atoms with E-state index in [9.17, 15) is 0 Å². The predicted octanol–water partition coefficient (Wildman–Crippen LogP) is 3.87. The van der Waals surface area contributed by atoms with Gasteiger partial charge in [0.15, 0.2) is 0 Å². The zero-order chi connectivity index (χ0) is 14.7. The second-order valence-electron chi connectivity index (χ2n) is 6.77. The quantitative estimate of drug-likeness (QED) is 0.885. The summed E-state index contributed by atoms with van der Waals surface area (Å²) in [6.45, 7) is 12.4. The third kappa shape index (κ3) is 3.25. The Balaban J connectivity index is 2.19. The van der Waals surface area contributed by atoms with Crippen molar-refractivity contribution in [1.29, 1.82) is 0 Å². The molecule has 3 nitrogen and oxygen atoms in total. The van der Waals surface area contributed by atoms with Crippen molar-refractivity contribution >= 4 is 0 Å². The third-order valence-corrected chi connectivity index (χ3v) is 5.10. The zero-order valence-electron chi connectivity index (χ0n) is 13.8. The molecule has 0 spiro atoms. The number of aryl methyl sites for hydroxylation is 1. The van der Waals surface area contributed by atoms with E-state index in [2.05, 4.69) is 55.8 Å². The van der Waals surface area contributed by atoms with Gasteiger partial charge in [-0.25, -0.2) is 4.98 Å². The minimum absolute atomic E-state index is 0.573. The highest BCUT2D eigenvalue weighted by molar-refractivity contribution is 5.11. The minimum atomic E-state index is 0.573. The number of rotatable bonds is 5. The first-order chi connectivity index (χ1) is 9.54. The highest BCUT2D eigenvalue weighted by atomic mass is 15.1. The Hall–Kier alpha value is -0.830. The molecule has 1 aromatic heterocycles. The van der Waals surface area contributed by atoms with E-state index in [1.165, 1.54) is 37.1 Å². The van der Waals surface area contributed by atoms with Gasteiger partial charge in [-0.2, -0.15) is 0 Å². The molecule has 0 radical (unpaired) electrons. The van der Waals surface area contributed by atoms with Crippen LogP contribution in [0.2, 0.25) is 0 Å². The summed E-state index contributed by atoms with van der Waals surface area (Å²) in [5, 5.41) is 3.77. The molecule has 1 saturated carbocycles. The monoisotopic (exact) mass is 277 g/mol. The molecular formula is C17H31N3. The van der Waals surface area contributed by atoms with Crippen LogP contribution < -0.4 is 5.32 Å².